The van der Waals surface area contributed by atoms with Gasteiger partial charge in [-0.1, -0.05) is 18.2 Å². The number of benzene rings is 2. The van der Waals surface area contributed by atoms with Crippen LogP contribution < -0.4 is 10.9 Å². The fraction of sp³-hybridized carbons (Fsp3) is 0.111. The van der Waals surface area contributed by atoms with Crippen LogP contribution in [-0.2, 0) is 14.8 Å². The van der Waals surface area contributed by atoms with Crippen molar-refractivity contribution in [1.29, 1.82) is 0 Å². The molecule has 2 N–H and O–H groups in total. The Balaban J connectivity index is 1.99. The Bertz CT molecular complexity index is 970. The zero-order chi connectivity index (χ0) is 20.0. The lowest BCUT2D eigenvalue weighted by atomic mass is 10.2. The largest absolute Gasteiger partial charge is 0.269 e. The van der Waals surface area contributed by atoms with Gasteiger partial charge in [0, 0.05) is 25.7 Å². The summed E-state index contributed by atoms with van der Waals surface area (Å²) in [6.07, 6.45) is 2.62. The van der Waals surface area contributed by atoms with Crippen LogP contribution in [0, 0.1) is 5.82 Å². The zero-order valence-corrected chi connectivity index (χ0v) is 15.5. The number of hydrogen-bond acceptors (Lipinski definition) is 4. The number of halogens is 1. The van der Waals surface area contributed by atoms with Crippen molar-refractivity contribution < 1.29 is 22.4 Å². The maximum absolute atomic E-state index is 12.8. The summed E-state index contributed by atoms with van der Waals surface area (Å²) >= 11 is 0. The SMILES string of the molecule is CN(C)S(=O)(=O)c1cccc(C(=O)NNC(=O)/C=C/c2ccc(F)cc2)c1. The van der Waals surface area contributed by atoms with Crippen LogP contribution in [-0.4, -0.2) is 38.6 Å². The van der Waals surface area contributed by atoms with Gasteiger partial charge in [-0.3, -0.25) is 20.4 Å². The first-order valence-electron chi connectivity index (χ1n) is 7.77. The lowest BCUT2D eigenvalue weighted by Crippen LogP contribution is -2.40. The van der Waals surface area contributed by atoms with Gasteiger partial charge in [0.05, 0.1) is 4.90 Å². The number of rotatable bonds is 5. The van der Waals surface area contributed by atoms with Crippen molar-refractivity contribution in [3.05, 3.63) is 71.6 Å². The molecule has 0 aliphatic rings. The van der Waals surface area contributed by atoms with Gasteiger partial charge < -0.3 is 0 Å². The smallest absolute Gasteiger partial charge is 0.268 e. The van der Waals surface area contributed by atoms with Gasteiger partial charge in [-0.15, -0.1) is 0 Å². The Morgan fingerprint density at radius 3 is 2.33 bits per heavy atom. The van der Waals surface area contributed by atoms with E-state index in [2.05, 4.69) is 10.9 Å². The highest BCUT2D eigenvalue weighted by Crippen LogP contribution is 2.14. The molecule has 0 atom stereocenters. The average molecular weight is 391 g/mol. The lowest BCUT2D eigenvalue weighted by molar-refractivity contribution is -0.117. The highest BCUT2D eigenvalue weighted by molar-refractivity contribution is 7.89. The molecule has 0 unspecified atom stereocenters. The number of carbonyl (C=O) groups is 2. The molecule has 27 heavy (non-hydrogen) atoms. The molecule has 0 aromatic heterocycles. The molecule has 2 aromatic carbocycles. The highest BCUT2D eigenvalue weighted by atomic mass is 32.2. The minimum absolute atomic E-state index is 0.0392. The van der Waals surface area contributed by atoms with Crippen molar-refractivity contribution in [2.24, 2.45) is 0 Å². The summed E-state index contributed by atoms with van der Waals surface area (Å²) in [4.78, 5) is 23.8. The summed E-state index contributed by atoms with van der Waals surface area (Å²) in [6.45, 7) is 0. The summed E-state index contributed by atoms with van der Waals surface area (Å²) in [5.41, 5.74) is 5.06. The summed E-state index contributed by atoms with van der Waals surface area (Å²) in [5.74, 6) is -1.67. The quantitative estimate of drug-likeness (QED) is 0.597. The molecule has 142 valence electrons. The predicted octanol–water partition coefficient (Wildman–Crippen LogP) is 1.55. The summed E-state index contributed by atoms with van der Waals surface area (Å²) in [5, 5.41) is 0. The number of hydrazine groups is 1. The number of carbonyl (C=O) groups excluding carboxylic acids is 2. The molecule has 7 nitrogen and oxygen atoms in total. The summed E-state index contributed by atoms with van der Waals surface area (Å²) in [7, 11) is -0.909. The molecule has 9 heteroatoms. The molecule has 0 fully saturated rings. The Morgan fingerprint density at radius 1 is 1.04 bits per heavy atom. The third kappa shape index (κ3) is 5.47. The van der Waals surface area contributed by atoms with E-state index in [4.69, 9.17) is 0 Å². The predicted molar refractivity (Wildman–Crippen MR) is 98.4 cm³/mol. The molecule has 0 spiro atoms. The lowest BCUT2D eigenvalue weighted by Gasteiger charge is -2.12. The van der Waals surface area contributed by atoms with Gasteiger partial charge in [0.2, 0.25) is 10.0 Å². The van der Waals surface area contributed by atoms with Crippen molar-refractivity contribution in [1.82, 2.24) is 15.2 Å². The minimum Gasteiger partial charge on any atom is -0.268 e. The fourth-order valence-electron chi connectivity index (χ4n) is 1.99. The summed E-state index contributed by atoms with van der Waals surface area (Å²) in [6, 6.07) is 10.9. The number of nitrogens with zero attached hydrogens (tertiary/aromatic N) is 1. The van der Waals surface area contributed by atoms with Crippen LogP contribution in [0.1, 0.15) is 15.9 Å². The van der Waals surface area contributed by atoms with E-state index >= 15 is 0 Å². The van der Waals surface area contributed by atoms with Crippen LogP contribution in [0.25, 0.3) is 6.08 Å². The van der Waals surface area contributed by atoms with E-state index in [9.17, 15) is 22.4 Å². The molecule has 2 rings (SSSR count). The van der Waals surface area contributed by atoms with Gasteiger partial charge in [0.1, 0.15) is 5.82 Å². The Morgan fingerprint density at radius 2 is 1.70 bits per heavy atom. The molecular formula is C18H18FN3O4S. The fourth-order valence-corrected chi connectivity index (χ4v) is 2.93. The van der Waals surface area contributed by atoms with E-state index in [-0.39, 0.29) is 16.3 Å². The maximum Gasteiger partial charge on any atom is 0.269 e. The topological polar surface area (TPSA) is 95.6 Å². The first-order chi connectivity index (χ1) is 12.7. The molecule has 0 radical (unpaired) electrons. The second kappa shape index (κ2) is 8.56. The van der Waals surface area contributed by atoms with Crippen LogP contribution in [0.4, 0.5) is 4.39 Å². The molecular weight excluding hydrogens is 373 g/mol. The van der Waals surface area contributed by atoms with E-state index in [1.54, 1.807) is 0 Å². The van der Waals surface area contributed by atoms with Crippen LogP contribution >= 0.6 is 0 Å². The molecule has 2 amide bonds. The number of nitrogens with one attached hydrogen (secondary N) is 2. The number of sulfonamides is 1. The molecule has 0 saturated heterocycles. The normalized spacial score (nSPS) is 11.6. The Hall–Kier alpha value is -3.04. The average Bonchev–Trinajstić information content (AvgIpc) is 2.65. The van der Waals surface area contributed by atoms with Crippen molar-refractivity contribution >= 4 is 27.9 Å². The van der Waals surface area contributed by atoms with Gasteiger partial charge in [0.25, 0.3) is 11.8 Å². The van der Waals surface area contributed by atoms with Crippen molar-refractivity contribution in [2.45, 2.75) is 4.90 Å². The number of hydrogen-bond donors (Lipinski definition) is 2. The highest BCUT2D eigenvalue weighted by Gasteiger charge is 2.18. The van der Waals surface area contributed by atoms with Gasteiger partial charge >= 0.3 is 0 Å². The third-order valence-corrected chi connectivity index (χ3v) is 5.28. The standard InChI is InChI=1S/C18H18FN3O4S/c1-22(2)27(25,26)16-5-3-4-14(12-16)18(24)21-20-17(23)11-8-13-6-9-15(19)10-7-13/h3-12H,1-2H3,(H,20,23)(H,21,24)/b11-8+. The summed E-state index contributed by atoms with van der Waals surface area (Å²) < 4.78 is 38.1. The van der Waals surface area contributed by atoms with Crippen molar-refractivity contribution in [2.75, 3.05) is 14.1 Å². The van der Waals surface area contributed by atoms with Crippen LogP contribution in [0.3, 0.4) is 0 Å². The van der Waals surface area contributed by atoms with E-state index in [1.807, 2.05) is 0 Å². The maximum atomic E-state index is 12.8. The molecule has 0 heterocycles. The molecule has 0 aliphatic carbocycles. The second-order valence-corrected chi connectivity index (χ2v) is 7.80. The van der Waals surface area contributed by atoms with E-state index < -0.39 is 21.8 Å². The van der Waals surface area contributed by atoms with E-state index in [1.165, 1.54) is 74.8 Å². The van der Waals surface area contributed by atoms with Gasteiger partial charge in [-0.25, -0.2) is 17.1 Å². The van der Waals surface area contributed by atoms with Crippen LogP contribution in [0.15, 0.2) is 59.5 Å². The molecule has 0 saturated carbocycles. The van der Waals surface area contributed by atoms with Gasteiger partial charge in [-0.05, 0) is 42.0 Å². The molecule has 0 aliphatic heterocycles. The number of amides is 2. The second-order valence-electron chi connectivity index (χ2n) is 5.64. The van der Waals surface area contributed by atoms with Crippen LogP contribution in [0.2, 0.25) is 0 Å². The Kier molecular flexibility index (Phi) is 6.43. The minimum atomic E-state index is -3.68. The van der Waals surface area contributed by atoms with Crippen LogP contribution in [0.5, 0.6) is 0 Å². The van der Waals surface area contributed by atoms with Gasteiger partial charge in [0.15, 0.2) is 0 Å². The zero-order valence-electron chi connectivity index (χ0n) is 14.6. The molecule has 0 bridgehead atoms. The van der Waals surface area contributed by atoms with E-state index in [0.717, 1.165) is 4.31 Å². The molecule has 2 aromatic rings. The van der Waals surface area contributed by atoms with Crippen molar-refractivity contribution in [3.8, 4) is 0 Å². The van der Waals surface area contributed by atoms with E-state index in [0.29, 0.717) is 5.56 Å². The monoisotopic (exact) mass is 391 g/mol. The first-order valence-corrected chi connectivity index (χ1v) is 9.21. The Labute approximate surface area is 156 Å². The van der Waals surface area contributed by atoms with Gasteiger partial charge in [-0.2, -0.15) is 0 Å². The third-order valence-electron chi connectivity index (χ3n) is 3.47. The first kappa shape index (κ1) is 20.3. The van der Waals surface area contributed by atoms with Crippen molar-refractivity contribution in [3.63, 3.8) is 0 Å².